The highest BCUT2D eigenvalue weighted by Crippen LogP contribution is 2.03. The number of rotatable bonds is 0. The van der Waals surface area contributed by atoms with Crippen molar-refractivity contribution < 1.29 is 0 Å². The quantitative estimate of drug-likeness (QED) is 0.615. The lowest BCUT2D eigenvalue weighted by molar-refractivity contribution is 0.125. The molecule has 0 aromatic rings. The summed E-state index contributed by atoms with van der Waals surface area (Å²) >= 11 is 0. The highest BCUT2D eigenvalue weighted by Gasteiger charge is 2.16. The third kappa shape index (κ3) is 11.8. The van der Waals surface area contributed by atoms with Crippen molar-refractivity contribution >= 4 is 0 Å². The van der Waals surface area contributed by atoms with E-state index in [1.165, 1.54) is 19.6 Å². The first-order valence-electron chi connectivity index (χ1n) is 6.59. The minimum absolute atomic E-state index is 0.740. The molecular formula is C13H34N2. The minimum atomic E-state index is 0.740. The molecule has 1 fully saturated rings. The molecule has 0 radical (unpaired) electrons. The Kier molecular flexibility index (Phi) is 22.2. The second-order valence-corrected chi connectivity index (χ2v) is 3.09. The summed E-state index contributed by atoms with van der Waals surface area (Å²) in [4.78, 5) is 4.78. The Hall–Kier alpha value is -0.0800. The molecule has 0 aliphatic carbocycles. The Morgan fingerprint density at radius 2 is 1.20 bits per heavy atom. The fraction of sp³-hybridized carbons (Fsp3) is 1.00. The van der Waals surface area contributed by atoms with E-state index in [0.29, 0.717) is 0 Å². The van der Waals surface area contributed by atoms with Gasteiger partial charge in [0.2, 0.25) is 0 Å². The second-order valence-electron chi connectivity index (χ2n) is 3.09. The van der Waals surface area contributed by atoms with E-state index in [1.54, 1.807) is 0 Å². The number of nitrogens with zero attached hydrogens (tertiary/aromatic N) is 2. The van der Waals surface area contributed by atoms with E-state index >= 15 is 0 Å². The van der Waals surface area contributed by atoms with Gasteiger partial charge in [0, 0.05) is 25.7 Å². The SMILES string of the molecule is CC.CC.CC.CC1CN(C)CCN1C. The maximum atomic E-state index is 2.40. The molecule has 96 valence electrons. The Morgan fingerprint density at radius 1 is 0.800 bits per heavy atom. The van der Waals surface area contributed by atoms with Crippen molar-refractivity contribution in [2.24, 2.45) is 0 Å². The molecule has 0 amide bonds. The van der Waals surface area contributed by atoms with Crippen LogP contribution in [0.2, 0.25) is 0 Å². The highest BCUT2D eigenvalue weighted by molar-refractivity contribution is 4.73. The van der Waals surface area contributed by atoms with Crippen LogP contribution in [-0.4, -0.2) is 49.6 Å². The van der Waals surface area contributed by atoms with Gasteiger partial charge in [-0.25, -0.2) is 0 Å². The van der Waals surface area contributed by atoms with Gasteiger partial charge in [-0.05, 0) is 21.0 Å². The van der Waals surface area contributed by atoms with Crippen LogP contribution in [0.3, 0.4) is 0 Å². The van der Waals surface area contributed by atoms with E-state index in [9.17, 15) is 0 Å². The molecule has 1 atom stereocenters. The molecule has 0 N–H and O–H groups in total. The highest BCUT2D eigenvalue weighted by atomic mass is 15.3. The first-order chi connectivity index (χ1) is 7.20. The Labute approximate surface area is 98.6 Å². The van der Waals surface area contributed by atoms with Crippen LogP contribution in [0.15, 0.2) is 0 Å². The van der Waals surface area contributed by atoms with Crippen LogP contribution in [0.1, 0.15) is 48.5 Å². The maximum absolute atomic E-state index is 2.40. The van der Waals surface area contributed by atoms with Crippen molar-refractivity contribution in [3.05, 3.63) is 0 Å². The number of likely N-dealkylation sites (N-methyl/N-ethyl adjacent to an activating group) is 2. The summed E-state index contributed by atoms with van der Waals surface area (Å²) in [5.41, 5.74) is 0. The summed E-state index contributed by atoms with van der Waals surface area (Å²) in [6, 6.07) is 0.740. The van der Waals surface area contributed by atoms with E-state index in [1.807, 2.05) is 41.5 Å². The second kappa shape index (κ2) is 16.4. The fourth-order valence-corrected chi connectivity index (χ4v) is 1.23. The standard InChI is InChI=1S/C7H16N2.3C2H6/c1-7-6-8(2)4-5-9(7)3;3*1-2/h7H,4-6H2,1-3H3;3*1-2H3. The molecule has 0 spiro atoms. The Morgan fingerprint density at radius 3 is 1.47 bits per heavy atom. The van der Waals surface area contributed by atoms with Crippen molar-refractivity contribution in [2.75, 3.05) is 33.7 Å². The molecule has 1 aliphatic heterocycles. The van der Waals surface area contributed by atoms with Crippen LogP contribution in [-0.2, 0) is 0 Å². The van der Waals surface area contributed by atoms with Gasteiger partial charge in [0.25, 0.3) is 0 Å². The van der Waals surface area contributed by atoms with Gasteiger partial charge < -0.3 is 9.80 Å². The van der Waals surface area contributed by atoms with Crippen LogP contribution >= 0.6 is 0 Å². The summed E-state index contributed by atoms with van der Waals surface area (Å²) in [6.07, 6.45) is 0. The van der Waals surface area contributed by atoms with Crippen LogP contribution in [0.4, 0.5) is 0 Å². The maximum Gasteiger partial charge on any atom is 0.0192 e. The van der Waals surface area contributed by atoms with Gasteiger partial charge in [0.05, 0.1) is 0 Å². The van der Waals surface area contributed by atoms with Gasteiger partial charge in [0.15, 0.2) is 0 Å². The molecule has 0 aromatic heterocycles. The number of hydrogen-bond donors (Lipinski definition) is 0. The summed E-state index contributed by atoms with van der Waals surface area (Å²) in [5, 5.41) is 0. The Bertz CT molecular complexity index is 94.5. The summed E-state index contributed by atoms with van der Waals surface area (Å²) in [5.74, 6) is 0. The Balaban J connectivity index is -0.000000208. The predicted molar refractivity (Wildman–Crippen MR) is 73.6 cm³/mol. The van der Waals surface area contributed by atoms with Gasteiger partial charge in [-0.2, -0.15) is 0 Å². The molecule has 2 nitrogen and oxygen atoms in total. The zero-order chi connectivity index (χ0) is 12.9. The van der Waals surface area contributed by atoms with Gasteiger partial charge in [-0.3, -0.25) is 0 Å². The van der Waals surface area contributed by atoms with Crippen molar-refractivity contribution in [1.29, 1.82) is 0 Å². The van der Waals surface area contributed by atoms with E-state index < -0.39 is 0 Å². The fourth-order valence-electron chi connectivity index (χ4n) is 1.23. The van der Waals surface area contributed by atoms with E-state index in [2.05, 4.69) is 30.8 Å². The molecule has 1 rings (SSSR count). The first kappa shape index (κ1) is 20.3. The summed E-state index contributed by atoms with van der Waals surface area (Å²) in [7, 11) is 4.38. The van der Waals surface area contributed by atoms with Crippen LogP contribution in [0.5, 0.6) is 0 Å². The lowest BCUT2D eigenvalue weighted by Crippen LogP contribution is -2.48. The van der Waals surface area contributed by atoms with Crippen molar-refractivity contribution in [2.45, 2.75) is 54.5 Å². The monoisotopic (exact) mass is 218 g/mol. The summed E-state index contributed by atoms with van der Waals surface area (Å²) in [6.45, 7) is 17.9. The largest absolute Gasteiger partial charge is 0.304 e. The van der Waals surface area contributed by atoms with Gasteiger partial charge >= 0.3 is 0 Å². The van der Waals surface area contributed by atoms with Crippen LogP contribution < -0.4 is 0 Å². The molecule has 0 aromatic carbocycles. The minimum Gasteiger partial charge on any atom is -0.304 e. The van der Waals surface area contributed by atoms with Crippen LogP contribution in [0.25, 0.3) is 0 Å². The third-order valence-corrected chi connectivity index (χ3v) is 2.16. The third-order valence-electron chi connectivity index (χ3n) is 2.16. The molecule has 15 heavy (non-hydrogen) atoms. The van der Waals surface area contributed by atoms with Gasteiger partial charge in [-0.15, -0.1) is 0 Å². The van der Waals surface area contributed by atoms with Gasteiger partial charge in [-0.1, -0.05) is 41.5 Å². The lowest BCUT2D eigenvalue weighted by Gasteiger charge is -2.35. The number of piperazine rings is 1. The van der Waals surface area contributed by atoms with Crippen molar-refractivity contribution in [3.63, 3.8) is 0 Å². The van der Waals surface area contributed by atoms with Crippen molar-refractivity contribution in [3.8, 4) is 0 Å². The molecule has 1 saturated heterocycles. The van der Waals surface area contributed by atoms with Crippen molar-refractivity contribution in [1.82, 2.24) is 9.80 Å². The first-order valence-corrected chi connectivity index (χ1v) is 6.59. The molecule has 1 unspecified atom stereocenters. The number of hydrogen-bond acceptors (Lipinski definition) is 2. The zero-order valence-electron chi connectivity index (χ0n) is 12.6. The smallest absolute Gasteiger partial charge is 0.0192 e. The normalized spacial score (nSPS) is 21.0. The lowest BCUT2D eigenvalue weighted by atomic mass is 10.2. The average Bonchev–Trinajstić information content (AvgIpc) is 2.32. The summed E-state index contributed by atoms with van der Waals surface area (Å²) < 4.78 is 0. The topological polar surface area (TPSA) is 6.48 Å². The molecule has 1 heterocycles. The van der Waals surface area contributed by atoms with E-state index in [4.69, 9.17) is 0 Å². The average molecular weight is 218 g/mol. The molecule has 2 heteroatoms. The molecule has 1 aliphatic rings. The predicted octanol–water partition coefficient (Wildman–Crippen LogP) is 3.33. The van der Waals surface area contributed by atoms with E-state index in [-0.39, 0.29) is 0 Å². The molecule has 0 bridgehead atoms. The van der Waals surface area contributed by atoms with Gasteiger partial charge in [0.1, 0.15) is 0 Å². The zero-order valence-corrected chi connectivity index (χ0v) is 12.6. The van der Waals surface area contributed by atoms with Crippen LogP contribution in [0, 0.1) is 0 Å². The van der Waals surface area contributed by atoms with E-state index in [0.717, 1.165) is 6.04 Å². The molecule has 0 saturated carbocycles. The molecular weight excluding hydrogens is 184 g/mol.